The number of benzene rings is 2. The second-order valence-electron chi connectivity index (χ2n) is 6.13. The molecule has 4 rings (SSSR count). The van der Waals surface area contributed by atoms with Gasteiger partial charge in [-0.15, -0.1) is 0 Å². The van der Waals surface area contributed by atoms with E-state index in [0.29, 0.717) is 5.39 Å². The number of aromatic amines is 1. The molecule has 4 heteroatoms. The van der Waals surface area contributed by atoms with Gasteiger partial charge in [0.2, 0.25) is 0 Å². The average Bonchev–Trinajstić information content (AvgIpc) is 2.60. The summed E-state index contributed by atoms with van der Waals surface area (Å²) in [6.07, 6.45) is 1.04. The first kappa shape index (κ1) is 14.2. The van der Waals surface area contributed by atoms with Crippen molar-refractivity contribution in [3.8, 4) is 0 Å². The number of H-pyrrole nitrogens is 1. The van der Waals surface area contributed by atoms with E-state index in [1.165, 1.54) is 11.1 Å². The number of fused-ring (bicyclic) bond motifs is 2. The smallest absolute Gasteiger partial charge is 0.258 e. The summed E-state index contributed by atoms with van der Waals surface area (Å²) < 4.78 is 0. The van der Waals surface area contributed by atoms with Gasteiger partial charge in [0.25, 0.3) is 5.56 Å². The molecule has 1 atom stereocenters. The molecule has 0 saturated carbocycles. The molecule has 116 valence electrons. The van der Waals surface area contributed by atoms with Crippen LogP contribution in [0.25, 0.3) is 10.9 Å². The second kappa shape index (κ2) is 5.63. The predicted molar refractivity (Wildman–Crippen MR) is 91.3 cm³/mol. The van der Waals surface area contributed by atoms with Crippen LogP contribution in [0.4, 0.5) is 0 Å². The molecule has 1 aliphatic rings. The van der Waals surface area contributed by atoms with Crippen molar-refractivity contribution in [2.24, 2.45) is 0 Å². The third kappa shape index (κ3) is 2.55. The van der Waals surface area contributed by atoms with Crippen LogP contribution in [0.2, 0.25) is 0 Å². The molecule has 0 radical (unpaired) electrons. The maximum atomic E-state index is 12.3. The van der Waals surface area contributed by atoms with Gasteiger partial charge >= 0.3 is 0 Å². The summed E-state index contributed by atoms with van der Waals surface area (Å²) >= 11 is 0. The number of hydrogen-bond donors (Lipinski definition) is 1. The zero-order valence-electron chi connectivity index (χ0n) is 13.1. The van der Waals surface area contributed by atoms with Crippen LogP contribution in [0.15, 0.2) is 53.3 Å². The lowest BCUT2D eigenvalue weighted by Crippen LogP contribution is -2.34. The molecule has 0 saturated heterocycles. The highest BCUT2D eigenvalue weighted by Gasteiger charge is 2.23. The molecular formula is C19H19N3O. The summed E-state index contributed by atoms with van der Waals surface area (Å²) in [5.41, 5.74) is 3.50. The molecule has 0 amide bonds. The van der Waals surface area contributed by atoms with Crippen LogP contribution in [0.3, 0.4) is 0 Å². The van der Waals surface area contributed by atoms with Gasteiger partial charge in [-0.3, -0.25) is 9.69 Å². The van der Waals surface area contributed by atoms with Crippen LogP contribution in [-0.4, -0.2) is 21.4 Å². The van der Waals surface area contributed by atoms with Gasteiger partial charge in [-0.25, -0.2) is 4.98 Å². The van der Waals surface area contributed by atoms with Crippen molar-refractivity contribution in [2.75, 3.05) is 6.54 Å². The molecule has 2 aromatic carbocycles. The first-order valence-corrected chi connectivity index (χ1v) is 8.02. The van der Waals surface area contributed by atoms with Gasteiger partial charge < -0.3 is 4.98 Å². The Bertz CT molecular complexity index is 916. The molecular weight excluding hydrogens is 286 g/mol. The van der Waals surface area contributed by atoms with Gasteiger partial charge in [-0.1, -0.05) is 36.4 Å². The number of nitrogens with one attached hydrogen (secondary N) is 1. The molecule has 0 spiro atoms. The lowest BCUT2D eigenvalue weighted by atomic mass is 9.99. The lowest BCUT2D eigenvalue weighted by Gasteiger charge is -2.33. The number of aromatic nitrogens is 2. The number of nitrogens with zero attached hydrogens (tertiary/aromatic N) is 2. The monoisotopic (exact) mass is 305 g/mol. The van der Waals surface area contributed by atoms with Crippen LogP contribution >= 0.6 is 0 Å². The van der Waals surface area contributed by atoms with E-state index in [1.54, 1.807) is 0 Å². The Balaban J connectivity index is 1.67. The van der Waals surface area contributed by atoms with Crippen molar-refractivity contribution in [3.05, 3.63) is 75.8 Å². The molecule has 2 heterocycles. The Morgan fingerprint density at radius 1 is 1.09 bits per heavy atom. The van der Waals surface area contributed by atoms with Crippen LogP contribution in [0.1, 0.15) is 29.9 Å². The Kier molecular flexibility index (Phi) is 3.46. The summed E-state index contributed by atoms with van der Waals surface area (Å²) in [5, 5.41) is 0.646. The zero-order chi connectivity index (χ0) is 15.8. The van der Waals surface area contributed by atoms with E-state index in [4.69, 9.17) is 0 Å². The van der Waals surface area contributed by atoms with Gasteiger partial charge in [0, 0.05) is 13.1 Å². The van der Waals surface area contributed by atoms with Crippen molar-refractivity contribution in [1.29, 1.82) is 0 Å². The van der Waals surface area contributed by atoms with Crippen molar-refractivity contribution in [2.45, 2.75) is 25.9 Å². The van der Waals surface area contributed by atoms with E-state index in [-0.39, 0.29) is 11.6 Å². The van der Waals surface area contributed by atoms with Gasteiger partial charge in [0.05, 0.1) is 16.9 Å². The number of para-hydroxylation sites is 1. The van der Waals surface area contributed by atoms with Crippen molar-refractivity contribution >= 4 is 10.9 Å². The van der Waals surface area contributed by atoms with Crippen LogP contribution in [-0.2, 0) is 13.0 Å². The van der Waals surface area contributed by atoms with Crippen molar-refractivity contribution < 1.29 is 0 Å². The molecule has 4 nitrogen and oxygen atoms in total. The summed E-state index contributed by atoms with van der Waals surface area (Å²) in [5.74, 6) is 0.744. The number of hydrogen-bond acceptors (Lipinski definition) is 3. The van der Waals surface area contributed by atoms with Crippen molar-refractivity contribution in [3.63, 3.8) is 0 Å². The highest BCUT2D eigenvalue weighted by Crippen LogP contribution is 2.26. The highest BCUT2D eigenvalue weighted by atomic mass is 16.1. The highest BCUT2D eigenvalue weighted by molar-refractivity contribution is 5.77. The van der Waals surface area contributed by atoms with E-state index in [1.807, 2.05) is 24.3 Å². The summed E-state index contributed by atoms with van der Waals surface area (Å²) in [7, 11) is 0. The zero-order valence-corrected chi connectivity index (χ0v) is 13.1. The van der Waals surface area contributed by atoms with Crippen LogP contribution < -0.4 is 5.56 Å². The maximum Gasteiger partial charge on any atom is 0.258 e. The van der Waals surface area contributed by atoms with Crippen LogP contribution in [0.5, 0.6) is 0 Å². The summed E-state index contributed by atoms with van der Waals surface area (Å²) in [4.78, 5) is 22.3. The van der Waals surface area contributed by atoms with Crippen molar-refractivity contribution in [1.82, 2.24) is 14.9 Å². The summed E-state index contributed by atoms with van der Waals surface area (Å²) in [6, 6.07) is 16.1. The van der Waals surface area contributed by atoms with Gasteiger partial charge in [0.1, 0.15) is 5.82 Å². The maximum absolute atomic E-state index is 12.3. The fraction of sp³-hybridized carbons (Fsp3) is 0.263. The minimum absolute atomic E-state index is 0.0603. The Labute approximate surface area is 134 Å². The molecule has 1 aliphatic heterocycles. The largest absolute Gasteiger partial charge is 0.309 e. The van der Waals surface area contributed by atoms with E-state index in [0.717, 1.165) is 30.9 Å². The minimum atomic E-state index is -0.0603. The predicted octanol–water partition coefficient (Wildman–Crippen LogP) is 3.04. The Hall–Kier alpha value is -2.46. The van der Waals surface area contributed by atoms with Crippen LogP contribution in [0, 0.1) is 0 Å². The van der Waals surface area contributed by atoms with E-state index in [2.05, 4.69) is 46.1 Å². The lowest BCUT2D eigenvalue weighted by molar-refractivity contribution is 0.185. The van der Waals surface area contributed by atoms with E-state index >= 15 is 0 Å². The average molecular weight is 305 g/mol. The SMILES string of the molecule is C[C@@H](c1nc2ccccc2c(=O)[nH]1)N1CCc2ccccc2C1. The Morgan fingerprint density at radius 2 is 1.83 bits per heavy atom. The molecule has 23 heavy (non-hydrogen) atoms. The molecule has 0 aliphatic carbocycles. The summed E-state index contributed by atoms with van der Waals surface area (Å²) in [6.45, 7) is 3.99. The first-order chi connectivity index (χ1) is 11.2. The van der Waals surface area contributed by atoms with Gasteiger partial charge in [-0.05, 0) is 36.6 Å². The van der Waals surface area contributed by atoms with Gasteiger partial charge in [-0.2, -0.15) is 0 Å². The standard InChI is InChI=1S/C19H19N3O/c1-13(22-11-10-14-6-2-3-7-15(14)12-22)18-20-17-9-5-4-8-16(17)19(23)21-18/h2-9,13H,10-12H2,1H3,(H,20,21,23)/t13-/m0/s1. The molecule has 0 fully saturated rings. The normalized spacial score (nSPS) is 16.2. The first-order valence-electron chi connectivity index (χ1n) is 8.02. The molecule has 3 aromatic rings. The molecule has 1 N–H and O–H groups in total. The van der Waals surface area contributed by atoms with Gasteiger partial charge in [0.15, 0.2) is 0 Å². The third-order valence-electron chi connectivity index (χ3n) is 4.73. The molecule has 0 unspecified atom stereocenters. The fourth-order valence-electron chi connectivity index (χ4n) is 3.32. The van der Waals surface area contributed by atoms with E-state index < -0.39 is 0 Å². The third-order valence-corrected chi connectivity index (χ3v) is 4.73. The molecule has 1 aromatic heterocycles. The quantitative estimate of drug-likeness (QED) is 0.791. The second-order valence-corrected chi connectivity index (χ2v) is 6.13. The topological polar surface area (TPSA) is 49.0 Å². The van der Waals surface area contributed by atoms with E-state index in [9.17, 15) is 4.79 Å². The Morgan fingerprint density at radius 3 is 2.70 bits per heavy atom. The fourth-order valence-corrected chi connectivity index (χ4v) is 3.32. The minimum Gasteiger partial charge on any atom is -0.309 e. The molecule has 0 bridgehead atoms. The number of rotatable bonds is 2.